The molecule has 0 saturated carbocycles. The van der Waals surface area contributed by atoms with Gasteiger partial charge in [-0.05, 0) is 38.8 Å². The smallest absolute Gasteiger partial charge is 0.407 e. The molecule has 11 nitrogen and oxygen atoms in total. The van der Waals surface area contributed by atoms with E-state index in [-0.39, 0.29) is 24.3 Å². The number of aliphatic hydroxyl groups excluding tert-OH is 1. The molecule has 0 fully saturated rings. The number of nitrogens with zero attached hydrogens (tertiary/aromatic N) is 3. The van der Waals surface area contributed by atoms with Crippen LogP contribution in [0, 0.1) is 21.4 Å². The zero-order valence-corrected chi connectivity index (χ0v) is 21.1. The molecule has 1 amide bonds. The minimum absolute atomic E-state index is 0.171. The Balaban J connectivity index is 2.35. The van der Waals surface area contributed by atoms with Crippen molar-refractivity contribution in [2.75, 3.05) is 13.1 Å². The van der Waals surface area contributed by atoms with Crippen LogP contribution >= 0.6 is 0 Å². The Kier molecular flexibility index (Phi) is 9.92. The third-order valence-electron chi connectivity index (χ3n) is 4.99. The molecule has 0 heterocycles. The van der Waals surface area contributed by atoms with Crippen molar-refractivity contribution in [2.24, 2.45) is 0 Å². The third-order valence-corrected chi connectivity index (χ3v) is 6.86. The average molecular weight is 519 g/mol. The van der Waals surface area contributed by atoms with Gasteiger partial charge in [-0.2, -0.15) is 9.57 Å². The maximum atomic E-state index is 13.3. The molecule has 0 radical (unpaired) electrons. The number of ether oxygens (including phenoxy) is 1. The Morgan fingerprint density at radius 1 is 1.22 bits per heavy atom. The maximum Gasteiger partial charge on any atom is 0.407 e. The van der Waals surface area contributed by atoms with E-state index < -0.39 is 51.0 Å². The normalized spacial score (nSPS) is 13.4. The number of carbonyl (C=O) groups excluding carboxylic acids is 1. The molecular weight excluding hydrogens is 488 g/mol. The molecule has 2 aromatic rings. The fourth-order valence-electron chi connectivity index (χ4n) is 3.34. The van der Waals surface area contributed by atoms with Crippen LogP contribution in [0.4, 0.5) is 10.5 Å². The van der Waals surface area contributed by atoms with Crippen molar-refractivity contribution in [3.05, 3.63) is 70.3 Å². The Labute approximate surface area is 210 Å². The van der Waals surface area contributed by atoms with Crippen molar-refractivity contribution in [1.29, 1.82) is 5.26 Å². The van der Waals surface area contributed by atoms with Crippen LogP contribution in [0.2, 0.25) is 0 Å². The van der Waals surface area contributed by atoms with Gasteiger partial charge < -0.3 is 15.2 Å². The van der Waals surface area contributed by atoms with Crippen LogP contribution < -0.4 is 5.32 Å². The fourth-order valence-corrected chi connectivity index (χ4v) is 4.84. The average Bonchev–Trinajstić information content (AvgIpc) is 2.80. The highest BCUT2D eigenvalue weighted by molar-refractivity contribution is 7.89. The molecule has 2 rings (SSSR count). The SMILES string of the molecule is CC(C)(C)OC(=O)N[C@@H](Cc1ccccc1)C(O)CN(CCC#N)S(=O)(=O)c1cccc([N+](=O)[O-])c1. The van der Waals surface area contributed by atoms with Crippen molar-refractivity contribution < 1.29 is 28.0 Å². The van der Waals surface area contributed by atoms with E-state index in [4.69, 9.17) is 10.00 Å². The van der Waals surface area contributed by atoms with Crippen LogP contribution in [0.5, 0.6) is 0 Å². The summed E-state index contributed by atoms with van der Waals surface area (Å²) >= 11 is 0. The molecule has 2 N–H and O–H groups in total. The highest BCUT2D eigenvalue weighted by Crippen LogP contribution is 2.22. The van der Waals surface area contributed by atoms with E-state index in [0.29, 0.717) is 0 Å². The quantitative estimate of drug-likeness (QED) is 0.339. The van der Waals surface area contributed by atoms with Gasteiger partial charge in [0.15, 0.2) is 0 Å². The number of rotatable bonds is 11. The molecule has 0 aliphatic rings. The first-order valence-corrected chi connectivity index (χ1v) is 12.6. The number of hydrogen-bond donors (Lipinski definition) is 2. The number of nitrogens with one attached hydrogen (secondary N) is 1. The summed E-state index contributed by atoms with van der Waals surface area (Å²) in [7, 11) is -4.31. The number of non-ortho nitro benzene ring substituents is 1. The van der Waals surface area contributed by atoms with Gasteiger partial charge >= 0.3 is 6.09 Å². The monoisotopic (exact) mass is 518 g/mol. The number of benzene rings is 2. The summed E-state index contributed by atoms with van der Waals surface area (Å²) in [5, 5.41) is 33.8. The van der Waals surface area contributed by atoms with E-state index in [1.807, 2.05) is 12.1 Å². The van der Waals surface area contributed by atoms with E-state index in [9.17, 15) is 28.4 Å². The largest absolute Gasteiger partial charge is 0.444 e. The molecule has 0 aliphatic heterocycles. The molecule has 0 saturated heterocycles. The van der Waals surface area contributed by atoms with E-state index >= 15 is 0 Å². The van der Waals surface area contributed by atoms with Crippen LogP contribution in [0.15, 0.2) is 59.5 Å². The second-order valence-corrected chi connectivity index (χ2v) is 11.0. The Morgan fingerprint density at radius 3 is 2.47 bits per heavy atom. The van der Waals surface area contributed by atoms with Gasteiger partial charge in [-0.3, -0.25) is 10.1 Å². The summed E-state index contributed by atoms with van der Waals surface area (Å²) in [5.41, 5.74) is -0.426. The minimum atomic E-state index is -4.31. The Hall–Kier alpha value is -3.53. The number of sulfonamides is 1. The lowest BCUT2D eigenvalue weighted by atomic mass is 10.0. The molecule has 0 aliphatic carbocycles. The lowest BCUT2D eigenvalue weighted by Crippen LogP contribution is -2.51. The summed E-state index contributed by atoms with van der Waals surface area (Å²) in [6.45, 7) is 4.32. The molecule has 12 heteroatoms. The number of hydrogen-bond acceptors (Lipinski definition) is 8. The van der Waals surface area contributed by atoms with E-state index in [2.05, 4.69) is 5.32 Å². The number of carbonyl (C=O) groups is 1. The Bertz CT molecular complexity index is 1190. The molecule has 194 valence electrons. The summed E-state index contributed by atoms with van der Waals surface area (Å²) in [5.74, 6) is 0. The zero-order chi connectivity index (χ0) is 26.9. The molecule has 0 bridgehead atoms. The van der Waals surface area contributed by atoms with E-state index in [1.165, 1.54) is 12.1 Å². The minimum Gasteiger partial charge on any atom is -0.444 e. The first kappa shape index (κ1) is 28.7. The maximum absolute atomic E-state index is 13.3. The van der Waals surface area contributed by atoms with Gasteiger partial charge in [-0.25, -0.2) is 13.2 Å². The van der Waals surface area contributed by atoms with Crippen molar-refractivity contribution in [3.8, 4) is 6.07 Å². The number of nitriles is 1. The summed E-state index contributed by atoms with van der Waals surface area (Å²) in [4.78, 5) is 22.5. The fraction of sp³-hybridized carbons (Fsp3) is 0.417. The topological polar surface area (TPSA) is 163 Å². The standard InChI is InChI=1S/C24H30N4O7S/c1-24(2,3)35-23(30)26-21(15-18-9-5-4-6-10-18)22(29)17-27(14-8-13-25)36(33,34)20-12-7-11-19(16-20)28(31)32/h4-7,9-12,16,21-22,29H,8,14-15,17H2,1-3H3,(H,26,30)/t21-,22?/m0/s1. The second-order valence-electron chi connectivity index (χ2n) is 9.04. The van der Waals surface area contributed by atoms with Gasteiger partial charge in [-0.1, -0.05) is 36.4 Å². The van der Waals surface area contributed by atoms with Gasteiger partial charge in [0.25, 0.3) is 5.69 Å². The molecule has 2 atom stereocenters. The van der Waals surface area contributed by atoms with Crippen LogP contribution in [-0.4, -0.2) is 59.7 Å². The number of amides is 1. The zero-order valence-electron chi connectivity index (χ0n) is 20.3. The van der Waals surface area contributed by atoms with Gasteiger partial charge in [0.1, 0.15) is 5.60 Å². The molecule has 0 aromatic heterocycles. The van der Waals surface area contributed by atoms with Crippen LogP contribution in [0.25, 0.3) is 0 Å². The predicted octanol–water partition coefficient (Wildman–Crippen LogP) is 3.00. The van der Waals surface area contributed by atoms with E-state index in [0.717, 1.165) is 22.0 Å². The van der Waals surface area contributed by atoms with Crippen molar-refractivity contribution in [2.45, 2.75) is 56.3 Å². The molecular formula is C24H30N4O7S. The number of alkyl carbamates (subject to hydrolysis) is 1. The van der Waals surface area contributed by atoms with E-state index in [1.54, 1.807) is 45.0 Å². The van der Waals surface area contributed by atoms with Gasteiger partial charge in [0.2, 0.25) is 10.0 Å². The van der Waals surface area contributed by atoms with Crippen molar-refractivity contribution in [3.63, 3.8) is 0 Å². The summed E-state index contributed by atoms with van der Waals surface area (Å²) in [6, 6.07) is 14.4. The number of aliphatic hydroxyl groups is 1. The Morgan fingerprint density at radius 2 is 1.89 bits per heavy atom. The van der Waals surface area contributed by atoms with Crippen LogP contribution in [-0.2, 0) is 21.2 Å². The summed E-state index contributed by atoms with van der Waals surface area (Å²) < 4.78 is 32.8. The molecule has 1 unspecified atom stereocenters. The van der Waals surface area contributed by atoms with Gasteiger partial charge in [-0.15, -0.1) is 0 Å². The lowest BCUT2D eigenvalue weighted by molar-refractivity contribution is -0.385. The third kappa shape index (κ3) is 8.60. The van der Waals surface area contributed by atoms with Crippen LogP contribution in [0.1, 0.15) is 32.8 Å². The highest BCUT2D eigenvalue weighted by atomic mass is 32.2. The van der Waals surface area contributed by atoms with Crippen molar-refractivity contribution in [1.82, 2.24) is 9.62 Å². The predicted molar refractivity (Wildman–Crippen MR) is 131 cm³/mol. The van der Waals surface area contributed by atoms with Crippen molar-refractivity contribution >= 4 is 21.8 Å². The first-order chi connectivity index (χ1) is 16.8. The second kappa shape index (κ2) is 12.4. The molecule has 0 spiro atoms. The molecule has 36 heavy (non-hydrogen) atoms. The number of nitro groups is 1. The van der Waals surface area contributed by atoms with Gasteiger partial charge in [0.05, 0.1) is 28.0 Å². The van der Waals surface area contributed by atoms with Crippen LogP contribution in [0.3, 0.4) is 0 Å². The highest BCUT2D eigenvalue weighted by Gasteiger charge is 2.32. The number of nitro benzene ring substituents is 1. The summed E-state index contributed by atoms with van der Waals surface area (Å²) in [6.07, 6.45) is -2.19. The first-order valence-electron chi connectivity index (χ1n) is 11.2. The molecule has 2 aromatic carbocycles. The lowest BCUT2D eigenvalue weighted by Gasteiger charge is -2.30. The van der Waals surface area contributed by atoms with Gasteiger partial charge in [0, 0.05) is 31.6 Å².